The third-order valence-corrected chi connectivity index (χ3v) is 2.88. The lowest BCUT2D eigenvalue weighted by molar-refractivity contribution is 0.996. The lowest BCUT2D eigenvalue weighted by Crippen LogP contribution is -2.02. The van der Waals surface area contributed by atoms with Crippen molar-refractivity contribution in [3.63, 3.8) is 0 Å². The first-order chi connectivity index (χ1) is 8.65. The van der Waals surface area contributed by atoms with Gasteiger partial charge in [0.25, 0.3) is 0 Å². The van der Waals surface area contributed by atoms with E-state index in [-0.39, 0.29) is 5.95 Å². The number of H-pyrrole nitrogens is 1. The fourth-order valence-electron chi connectivity index (χ4n) is 2.18. The van der Waals surface area contributed by atoms with Gasteiger partial charge in [0.1, 0.15) is 5.82 Å². The van der Waals surface area contributed by atoms with E-state index in [2.05, 4.69) is 19.9 Å². The first kappa shape index (κ1) is 10.7. The number of nitrogens with one attached hydrogen (secondary N) is 1. The maximum absolute atomic E-state index is 5.69. The van der Waals surface area contributed by atoms with Crippen molar-refractivity contribution in [2.45, 2.75) is 13.8 Å². The summed E-state index contributed by atoms with van der Waals surface area (Å²) in [6.07, 6.45) is 0. The zero-order valence-electron chi connectivity index (χ0n) is 10.2. The van der Waals surface area contributed by atoms with Gasteiger partial charge in [-0.2, -0.15) is 9.97 Å². The van der Waals surface area contributed by atoms with E-state index in [0.717, 1.165) is 22.2 Å². The molecule has 0 aliphatic heterocycles. The summed E-state index contributed by atoms with van der Waals surface area (Å²) in [5.74, 6) is 1.50. The number of fused-ring (bicyclic) bond motifs is 1. The second-order valence-corrected chi connectivity index (χ2v) is 4.24. The predicted molar refractivity (Wildman–Crippen MR) is 71.0 cm³/mol. The van der Waals surface area contributed by atoms with Crippen LogP contribution in [0.5, 0.6) is 0 Å². The zero-order valence-corrected chi connectivity index (χ0v) is 10.2. The minimum absolute atomic E-state index is 0.252. The van der Waals surface area contributed by atoms with E-state index >= 15 is 0 Å². The number of hydrogen-bond donors (Lipinski definition) is 2. The molecule has 0 bridgehead atoms. The molecule has 1 aromatic carbocycles. The molecule has 3 aromatic rings. The molecule has 90 valence electrons. The molecule has 2 aromatic heterocycles. The van der Waals surface area contributed by atoms with E-state index in [9.17, 15) is 0 Å². The number of aromatic nitrogens is 4. The summed E-state index contributed by atoms with van der Waals surface area (Å²) in [6.45, 7) is 3.82. The molecule has 0 spiro atoms. The Morgan fingerprint density at radius 2 is 1.83 bits per heavy atom. The highest BCUT2D eigenvalue weighted by atomic mass is 15.1. The standard InChI is InChI=1S/C13H13N5/c1-7-11(9-5-3-4-6-10(9)15-7)12-16-8(2)17-13(14)18-12/h3-6,15H,1-2H3,(H2,14,16,17,18). The van der Waals surface area contributed by atoms with Gasteiger partial charge in [-0.3, -0.25) is 0 Å². The lowest BCUT2D eigenvalue weighted by Gasteiger charge is -2.02. The molecular formula is C13H13N5. The van der Waals surface area contributed by atoms with Gasteiger partial charge in [-0.15, -0.1) is 0 Å². The largest absolute Gasteiger partial charge is 0.368 e. The highest BCUT2D eigenvalue weighted by molar-refractivity contribution is 5.95. The molecule has 0 aliphatic carbocycles. The van der Waals surface area contributed by atoms with Crippen molar-refractivity contribution in [3.05, 3.63) is 35.8 Å². The summed E-state index contributed by atoms with van der Waals surface area (Å²) in [5, 5.41) is 1.10. The van der Waals surface area contributed by atoms with E-state index < -0.39 is 0 Å². The van der Waals surface area contributed by atoms with Crippen molar-refractivity contribution in [1.82, 2.24) is 19.9 Å². The number of nitrogens with two attached hydrogens (primary N) is 1. The third kappa shape index (κ3) is 1.60. The van der Waals surface area contributed by atoms with Gasteiger partial charge in [0.15, 0.2) is 5.82 Å². The fraction of sp³-hybridized carbons (Fsp3) is 0.154. The smallest absolute Gasteiger partial charge is 0.223 e. The molecule has 5 nitrogen and oxygen atoms in total. The number of para-hydroxylation sites is 1. The maximum Gasteiger partial charge on any atom is 0.223 e. The Kier molecular flexibility index (Phi) is 2.26. The van der Waals surface area contributed by atoms with Crippen molar-refractivity contribution in [2.24, 2.45) is 0 Å². The van der Waals surface area contributed by atoms with Crippen molar-refractivity contribution in [2.75, 3.05) is 5.73 Å². The molecule has 3 rings (SSSR count). The van der Waals surface area contributed by atoms with Crippen molar-refractivity contribution >= 4 is 16.9 Å². The first-order valence-electron chi connectivity index (χ1n) is 5.71. The molecule has 0 unspecified atom stereocenters. The molecule has 0 radical (unpaired) electrons. The van der Waals surface area contributed by atoms with Crippen LogP contribution in [0.2, 0.25) is 0 Å². The normalized spacial score (nSPS) is 11.0. The highest BCUT2D eigenvalue weighted by Gasteiger charge is 2.13. The number of hydrogen-bond acceptors (Lipinski definition) is 4. The van der Waals surface area contributed by atoms with Crippen LogP contribution in [0, 0.1) is 13.8 Å². The fourth-order valence-corrected chi connectivity index (χ4v) is 2.18. The quantitative estimate of drug-likeness (QED) is 0.682. The molecule has 0 aliphatic rings. The van der Waals surface area contributed by atoms with Gasteiger partial charge >= 0.3 is 0 Å². The Labute approximate surface area is 104 Å². The molecule has 3 N–H and O–H groups in total. The minimum Gasteiger partial charge on any atom is -0.368 e. The van der Waals surface area contributed by atoms with E-state index in [1.54, 1.807) is 0 Å². The Bertz CT molecular complexity index is 709. The van der Waals surface area contributed by atoms with Crippen LogP contribution in [-0.2, 0) is 0 Å². The van der Waals surface area contributed by atoms with Crippen molar-refractivity contribution in [1.29, 1.82) is 0 Å². The maximum atomic E-state index is 5.69. The number of aryl methyl sites for hydroxylation is 2. The number of nitrogens with zero attached hydrogens (tertiary/aromatic N) is 3. The van der Waals surface area contributed by atoms with Crippen LogP contribution in [0.1, 0.15) is 11.5 Å². The summed E-state index contributed by atoms with van der Waals surface area (Å²) >= 11 is 0. The SMILES string of the molecule is Cc1nc(N)nc(-c2c(C)[nH]c3ccccc23)n1. The third-order valence-electron chi connectivity index (χ3n) is 2.88. The topological polar surface area (TPSA) is 80.5 Å². The molecule has 5 heteroatoms. The Morgan fingerprint density at radius 1 is 1.06 bits per heavy atom. The highest BCUT2D eigenvalue weighted by Crippen LogP contribution is 2.29. The number of benzene rings is 1. The van der Waals surface area contributed by atoms with Gasteiger partial charge in [0, 0.05) is 22.2 Å². The van der Waals surface area contributed by atoms with Crippen LogP contribution in [0.25, 0.3) is 22.3 Å². The van der Waals surface area contributed by atoms with Crippen molar-refractivity contribution < 1.29 is 0 Å². The van der Waals surface area contributed by atoms with Gasteiger partial charge in [0.2, 0.25) is 5.95 Å². The van der Waals surface area contributed by atoms with Crippen LogP contribution in [0.3, 0.4) is 0 Å². The molecule has 0 saturated heterocycles. The van der Waals surface area contributed by atoms with Crippen LogP contribution in [0.15, 0.2) is 24.3 Å². The second-order valence-electron chi connectivity index (χ2n) is 4.24. The van der Waals surface area contributed by atoms with Crippen molar-refractivity contribution in [3.8, 4) is 11.4 Å². The van der Waals surface area contributed by atoms with Gasteiger partial charge in [0.05, 0.1) is 0 Å². The van der Waals surface area contributed by atoms with Crippen LogP contribution >= 0.6 is 0 Å². The van der Waals surface area contributed by atoms with E-state index in [1.165, 1.54) is 0 Å². The second kappa shape index (κ2) is 3.80. The molecule has 0 fully saturated rings. The first-order valence-corrected chi connectivity index (χ1v) is 5.71. The van der Waals surface area contributed by atoms with E-state index in [0.29, 0.717) is 11.6 Å². The monoisotopic (exact) mass is 239 g/mol. The Balaban J connectivity index is 2.34. The minimum atomic E-state index is 0.252. The summed E-state index contributed by atoms with van der Waals surface area (Å²) in [6, 6.07) is 8.07. The molecule has 2 heterocycles. The van der Waals surface area contributed by atoms with E-state index in [1.807, 2.05) is 38.1 Å². The molecule has 0 atom stereocenters. The zero-order chi connectivity index (χ0) is 12.7. The van der Waals surface area contributed by atoms with Gasteiger partial charge in [-0.25, -0.2) is 4.98 Å². The number of nitrogen functional groups attached to an aromatic ring is 1. The van der Waals surface area contributed by atoms with Gasteiger partial charge in [-0.1, -0.05) is 18.2 Å². The lowest BCUT2D eigenvalue weighted by atomic mass is 10.1. The summed E-state index contributed by atoms with van der Waals surface area (Å²) in [7, 11) is 0. The average Bonchev–Trinajstić information content (AvgIpc) is 2.63. The molecular weight excluding hydrogens is 226 g/mol. The summed E-state index contributed by atoms with van der Waals surface area (Å²) < 4.78 is 0. The van der Waals surface area contributed by atoms with Crippen LogP contribution < -0.4 is 5.73 Å². The average molecular weight is 239 g/mol. The van der Waals surface area contributed by atoms with Gasteiger partial charge in [-0.05, 0) is 19.9 Å². The Morgan fingerprint density at radius 3 is 2.61 bits per heavy atom. The van der Waals surface area contributed by atoms with Gasteiger partial charge < -0.3 is 10.7 Å². The van der Waals surface area contributed by atoms with Crippen LogP contribution in [-0.4, -0.2) is 19.9 Å². The number of anilines is 1. The molecule has 0 saturated carbocycles. The molecule has 0 amide bonds. The predicted octanol–water partition coefficient (Wildman–Crippen LogP) is 2.22. The number of rotatable bonds is 1. The van der Waals surface area contributed by atoms with E-state index in [4.69, 9.17) is 5.73 Å². The van der Waals surface area contributed by atoms with Crippen LogP contribution in [0.4, 0.5) is 5.95 Å². The Hall–Kier alpha value is -2.43. The molecule has 18 heavy (non-hydrogen) atoms. The summed E-state index contributed by atoms with van der Waals surface area (Å²) in [4.78, 5) is 15.9. The summed E-state index contributed by atoms with van der Waals surface area (Å²) in [5.41, 5.74) is 8.78. The number of aromatic amines is 1.